The van der Waals surface area contributed by atoms with Crippen molar-refractivity contribution in [3.63, 3.8) is 0 Å². The third-order valence-corrected chi connectivity index (χ3v) is 15.8. The summed E-state index contributed by atoms with van der Waals surface area (Å²) >= 11 is 0. The van der Waals surface area contributed by atoms with Crippen LogP contribution in [0, 0.1) is 51.2 Å². The minimum Gasteiger partial charge on any atom is -0.480 e. The Labute approximate surface area is 277 Å². The second-order valence-electron chi connectivity index (χ2n) is 18.6. The van der Waals surface area contributed by atoms with E-state index in [1.165, 1.54) is 64.2 Å². The van der Waals surface area contributed by atoms with Gasteiger partial charge in [-0.05, 0) is 142 Å². The third-order valence-electron chi connectivity index (χ3n) is 15.8. The second kappa shape index (κ2) is 10.9. The molecule has 2 saturated heterocycles. The predicted molar refractivity (Wildman–Crippen MR) is 176 cm³/mol. The van der Waals surface area contributed by atoms with Crippen molar-refractivity contribution in [1.29, 1.82) is 0 Å². The standard InChI is InChI=1S/C38H60N2O6.H2/c1-34(2)29-11-10-25-27-19-28-26(9-8-24(45-28)20-39-35(3,4)33(42)43)36(27,5)14-15-37(25)22-38(29,37)13-12-30(34)46-32-21-40(16-17-44-32)31(41)18-23-6-7-23;/h23-30,32,39H,6-22H2,1-5H3,(H,42,43);1H/t24?,25?,26?,27?,28?,29?,30-,32?,36?,37-,38?;/m0./s1. The van der Waals surface area contributed by atoms with Gasteiger partial charge in [-0.3, -0.25) is 14.9 Å². The van der Waals surface area contributed by atoms with Gasteiger partial charge in [0.05, 0.1) is 31.5 Å². The Morgan fingerprint density at radius 2 is 1.76 bits per heavy atom. The van der Waals surface area contributed by atoms with E-state index in [0.29, 0.717) is 72.8 Å². The number of hydrogen-bond donors (Lipinski definition) is 2. The van der Waals surface area contributed by atoms with Crippen LogP contribution in [0.25, 0.3) is 0 Å². The Hall–Kier alpha value is -1.22. The second-order valence-corrected chi connectivity index (χ2v) is 18.6. The van der Waals surface area contributed by atoms with Crippen LogP contribution in [-0.2, 0) is 23.8 Å². The summed E-state index contributed by atoms with van der Waals surface area (Å²) in [5.41, 5.74) is 0.484. The van der Waals surface area contributed by atoms with Gasteiger partial charge in [-0.15, -0.1) is 0 Å². The van der Waals surface area contributed by atoms with Crippen molar-refractivity contribution in [1.82, 2.24) is 10.2 Å². The summed E-state index contributed by atoms with van der Waals surface area (Å²) in [5.74, 6) is 2.95. The molecule has 11 atom stereocenters. The van der Waals surface area contributed by atoms with Crippen LogP contribution in [0.3, 0.4) is 0 Å². The molecular weight excluding hydrogens is 580 g/mol. The average Bonchev–Trinajstić information content (AvgIpc) is 3.93. The molecule has 0 aromatic rings. The van der Waals surface area contributed by atoms with Crippen molar-refractivity contribution in [3.05, 3.63) is 0 Å². The summed E-state index contributed by atoms with van der Waals surface area (Å²) in [5, 5.41) is 12.8. The zero-order valence-electron chi connectivity index (χ0n) is 29.2. The number of carboxylic acid groups (broad SMARTS) is 1. The van der Waals surface area contributed by atoms with Crippen molar-refractivity contribution in [3.8, 4) is 0 Å². The molecule has 2 N–H and O–H groups in total. The molecule has 1 amide bonds. The smallest absolute Gasteiger partial charge is 0.323 e. The molecule has 0 radical (unpaired) electrons. The number of carbonyl (C=O) groups is 2. The summed E-state index contributed by atoms with van der Waals surface area (Å²) in [4.78, 5) is 26.5. The van der Waals surface area contributed by atoms with E-state index >= 15 is 0 Å². The fourth-order valence-corrected chi connectivity index (χ4v) is 12.9. The number of hydrogen-bond acceptors (Lipinski definition) is 6. The Bertz CT molecular complexity index is 1240. The molecule has 0 aromatic heterocycles. The molecule has 8 aliphatic rings. The summed E-state index contributed by atoms with van der Waals surface area (Å²) in [7, 11) is 0. The molecule has 8 fully saturated rings. The first-order chi connectivity index (χ1) is 21.8. The van der Waals surface area contributed by atoms with Crippen LogP contribution in [0.4, 0.5) is 0 Å². The molecule has 8 nitrogen and oxygen atoms in total. The number of carbonyl (C=O) groups excluding carboxylic acids is 1. The number of fused-ring (bicyclic) bond motifs is 4. The number of ether oxygens (including phenoxy) is 3. The minimum atomic E-state index is -0.933. The molecule has 0 bridgehead atoms. The van der Waals surface area contributed by atoms with Gasteiger partial charge in [-0.25, -0.2) is 0 Å². The van der Waals surface area contributed by atoms with Crippen LogP contribution in [0.2, 0.25) is 0 Å². The predicted octanol–water partition coefficient (Wildman–Crippen LogP) is 6.26. The third kappa shape index (κ3) is 4.87. The van der Waals surface area contributed by atoms with Crippen molar-refractivity contribution >= 4 is 11.9 Å². The average molecular weight is 643 g/mol. The molecule has 46 heavy (non-hydrogen) atoms. The molecule has 8 heteroatoms. The Morgan fingerprint density at radius 3 is 2.52 bits per heavy atom. The summed E-state index contributed by atoms with van der Waals surface area (Å²) in [6, 6.07) is 0. The quantitative estimate of drug-likeness (QED) is 0.323. The lowest BCUT2D eigenvalue weighted by Gasteiger charge is -2.60. The number of rotatable bonds is 8. The first-order valence-electron chi connectivity index (χ1n) is 19.0. The van der Waals surface area contributed by atoms with Gasteiger partial charge in [-0.2, -0.15) is 0 Å². The van der Waals surface area contributed by atoms with Gasteiger partial charge >= 0.3 is 5.97 Å². The lowest BCUT2D eigenvalue weighted by Crippen LogP contribution is -2.56. The van der Waals surface area contributed by atoms with Crippen molar-refractivity contribution in [2.45, 2.75) is 148 Å². The van der Waals surface area contributed by atoms with Crippen LogP contribution in [-0.4, -0.2) is 78.3 Å². The molecule has 2 aliphatic heterocycles. The number of nitrogens with zero attached hydrogens (tertiary/aromatic N) is 1. The fourth-order valence-electron chi connectivity index (χ4n) is 12.9. The SMILES string of the molecule is CC(C)(NCC1CCC2C(CC3C4CCC5C(C)(C)[C@@H](OC6CN(C(=O)CC7CC7)CCO6)CCC56C[C@@]46CCC23C)O1)C(=O)O.[HH]. The summed E-state index contributed by atoms with van der Waals surface area (Å²) < 4.78 is 19.8. The summed E-state index contributed by atoms with van der Waals surface area (Å²) in [6.07, 6.45) is 16.0. The van der Waals surface area contributed by atoms with Crippen LogP contribution < -0.4 is 5.32 Å². The molecule has 260 valence electrons. The van der Waals surface area contributed by atoms with Gasteiger partial charge in [0, 0.05) is 20.9 Å². The molecule has 8 rings (SSSR count). The highest BCUT2D eigenvalue weighted by atomic mass is 16.7. The van der Waals surface area contributed by atoms with Crippen molar-refractivity contribution in [2.75, 3.05) is 26.2 Å². The molecule has 9 unspecified atom stereocenters. The van der Waals surface area contributed by atoms with Crippen LogP contribution in [0.1, 0.15) is 120 Å². The normalized spacial score (nSPS) is 47.5. The fraction of sp³-hybridized carbons (Fsp3) is 0.947. The van der Waals surface area contributed by atoms with E-state index in [9.17, 15) is 14.7 Å². The highest BCUT2D eigenvalue weighted by Crippen LogP contribution is 2.87. The van der Waals surface area contributed by atoms with E-state index in [4.69, 9.17) is 14.2 Å². The number of carboxylic acids is 1. The molecule has 6 saturated carbocycles. The van der Waals surface area contributed by atoms with Crippen LogP contribution >= 0.6 is 0 Å². The van der Waals surface area contributed by atoms with Crippen molar-refractivity contribution in [2.24, 2.45) is 51.2 Å². The maximum Gasteiger partial charge on any atom is 0.323 e. The topological polar surface area (TPSA) is 97.3 Å². The Balaban J connectivity index is 0.00000351. The number of morpholine rings is 1. The molecular formula is C38H62N2O6. The monoisotopic (exact) mass is 642 g/mol. The van der Waals surface area contributed by atoms with Gasteiger partial charge < -0.3 is 24.2 Å². The van der Waals surface area contributed by atoms with Crippen molar-refractivity contribution < 1.29 is 30.3 Å². The van der Waals surface area contributed by atoms with Gasteiger partial charge in [0.2, 0.25) is 5.91 Å². The number of aliphatic carboxylic acids is 1. The maximum absolute atomic E-state index is 12.9. The van der Waals surface area contributed by atoms with E-state index in [0.717, 1.165) is 24.7 Å². The highest BCUT2D eigenvalue weighted by Gasteiger charge is 2.80. The highest BCUT2D eigenvalue weighted by molar-refractivity contribution is 5.77. The first-order valence-corrected chi connectivity index (χ1v) is 19.0. The van der Waals surface area contributed by atoms with E-state index in [2.05, 4.69) is 26.1 Å². The van der Waals surface area contributed by atoms with E-state index in [1.54, 1.807) is 13.8 Å². The van der Waals surface area contributed by atoms with Crippen LogP contribution in [0.5, 0.6) is 0 Å². The first kappa shape index (κ1) is 32.0. The van der Waals surface area contributed by atoms with E-state index in [1.807, 2.05) is 4.90 Å². The Kier molecular flexibility index (Phi) is 7.58. The lowest BCUT2D eigenvalue weighted by molar-refractivity contribution is -0.244. The minimum absolute atomic E-state index is 0. The van der Waals surface area contributed by atoms with Gasteiger partial charge in [0.15, 0.2) is 6.29 Å². The van der Waals surface area contributed by atoms with Gasteiger partial charge in [-0.1, -0.05) is 20.8 Å². The number of amides is 1. The lowest BCUT2D eigenvalue weighted by atomic mass is 9.46. The molecule has 2 spiro atoms. The molecule has 0 aromatic carbocycles. The van der Waals surface area contributed by atoms with Gasteiger partial charge in [0.25, 0.3) is 0 Å². The maximum atomic E-state index is 12.9. The number of nitrogens with one attached hydrogen (secondary N) is 1. The van der Waals surface area contributed by atoms with Crippen LogP contribution in [0.15, 0.2) is 0 Å². The molecule has 2 heterocycles. The summed E-state index contributed by atoms with van der Waals surface area (Å²) in [6.45, 7) is 13.5. The Morgan fingerprint density at radius 1 is 0.978 bits per heavy atom. The van der Waals surface area contributed by atoms with Gasteiger partial charge in [0.1, 0.15) is 5.54 Å². The van der Waals surface area contributed by atoms with E-state index in [-0.39, 0.29) is 31.2 Å². The largest absolute Gasteiger partial charge is 0.480 e. The molecule has 6 aliphatic carbocycles. The zero-order valence-corrected chi connectivity index (χ0v) is 29.2. The zero-order chi connectivity index (χ0) is 32.3. The van der Waals surface area contributed by atoms with E-state index < -0.39 is 11.5 Å².